The van der Waals surface area contributed by atoms with Gasteiger partial charge in [0.05, 0.1) is 18.1 Å². The van der Waals surface area contributed by atoms with Crippen molar-refractivity contribution in [1.29, 1.82) is 5.26 Å². The predicted molar refractivity (Wildman–Crippen MR) is 122 cm³/mol. The summed E-state index contributed by atoms with van der Waals surface area (Å²) >= 11 is 4.12. The molecular weight excluding hydrogens is 591 g/mol. The third-order valence-corrected chi connectivity index (χ3v) is 6.08. The van der Waals surface area contributed by atoms with E-state index in [0.29, 0.717) is 9.39 Å². The van der Waals surface area contributed by atoms with Crippen molar-refractivity contribution < 1.29 is 18.8 Å². The summed E-state index contributed by atoms with van der Waals surface area (Å²) in [6.45, 7) is 4.84. The number of nitrogen functional groups attached to an aromatic ring is 1. The SMILES string of the molecule is CC(=O)CO.Cc1ccc(C#N)c(F)c1I.Cc1ccc2c(N)noc2c1I. The first-order valence-electron chi connectivity index (χ1n) is 7.88. The highest BCUT2D eigenvalue weighted by atomic mass is 127. The number of fused-ring (bicyclic) bond motifs is 1. The Kier molecular flexibility index (Phi) is 9.77. The van der Waals surface area contributed by atoms with Gasteiger partial charge in [-0.3, -0.25) is 4.79 Å². The zero-order valence-corrected chi connectivity index (χ0v) is 19.7. The lowest BCUT2D eigenvalue weighted by Gasteiger charge is -1.99. The van der Waals surface area contributed by atoms with E-state index >= 15 is 0 Å². The Morgan fingerprint density at radius 2 is 1.79 bits per heavy atom. The van der Waals surface area contributed by atoms with Gasteiger partial charge in [-0.05, 0) is 89.2 Å². The van der Waals surface area contributed by atoms with Crippen LogP contribution in [0.1, 0.15) is 23.6 Å². The number of aromatic nitrogens is 1. The summed E-state index contributed by atoms with van der Waals surface area (Å²) in [5.41, 5.74) is 8.53. The van der Waals surface area contributed by atoms with Gasteiger partial charge in [-0.1, -0.05) is 17.3 Å². The number of nitriles is 1. The van der Waals surface area contributed by atoms with Crippen LogP contribution in [0.4, 0.5) is 10.2 Å². The summed E-state index contributed by atoms with van der Waals surface area (Å²) in [5.74, 6) is -0.138. The summed E-state index contributed by atoms with van der Waals surface area (Å²) in [7, 11) is 0. The summed E-state index contributed by atoms with van der Waals surface area (Å²) < 4.78 is 19.7. The van der Waals surface area contributed by atoms with Gasteiger partial charge in [-0.2, -0.15) is 5.26 Å². The Hall–Kier alpha value is -1.78. The number of rotatable bonds is 1. The van der Waals surface area contributed by atoms with E-state index in [2.05, 4.69) is 27.7 Å². The van der Waals surface area contributed by atoms with E-state index < -0.39 is 5.82 Å². The maximum Gasteiger partial charge on any atom is 0.182 e. The Morgan fingerprint density at radius 3 is 2.32 bits per heavy atom. The minimum absolute atomic E-state index is 0.111. The number of benzene rings is 2. The van der Waals surface area contributed by atoms with Gasteiger partial charge in [0.25, 0.3) is 0 Å². The average molecular weight is 609 g/mol. The van der Waals surface area contributed by atoms with E-state index in [-0.39, 0.29) is 18.0 Å². The number of ketones is 1. The fraction of sp³-hybridized carbons (Fsp3) is 0.211. The Balaban J connectivity index is 0.000000229. The van der Waals surface area contributed by atoms with Gasteiger partial charge in [0.2, 0.25) is 0 Å². The van der Waals surface area contributed by atoms with Crippen LogP contribution in [0.5, 0.6) is 0 Å². The Bertz CT molecular complexity index is 1030. The highest BCUT2D eigenvalue weighted by Gasteiger charge is 2.09. The smallest absolute Gasteiger partial charge is 0.182 e. The van der Waals surface area contributed by atoms with Crippen LogP contribution >= 0.6 is 45.2 Å². The highest BCUT2D eigenvalue weighted by Crippen LogP contribution is 2.27. The molecule has 9 heteroatoms. The summed E-state index contributed by atoms with van der Waals surface area (Å²) in [6, 6.07) is 8.96. The molecule has 0 saturated heterocycles. The fourth-order valence-electron chi connectivity index (χ4n) is 1.82. The van der Waals surface area contributed by atoms with Crippen LogP contribution in [0.15, 0.2) is 28.8 Å². The molecule has 148 valence electrons. The van der Waals surface area contributed by atoms with Gasteiger partial charge in [-0.25, -0.2) is 4.39 Å². The van der Waals surface area contributed by atoms with Crippen molar-refractivity contribution in [3.05, 3.63) is 53.9 Å². The molecule has 0 saturated carbocycles. The van der Waals surface area contributed by atoms with E-state index in [1.807, 2.05) is 48.6 Å². The Morgan fingerprint density at radius 1 is 1.25 bits per heavy atom. The first-order chi connectivity index (χ1) is 13.1. The first kappa shape index (κ1) is 24.3. The number of aliphatic hydroxyl groups excluding tert-OH is 1. The van der Waals surface area contributed by atoms with Crippen LogP contribution in [0.2, 0.25) is 0 Å². The monoisotopic (exact) mass is 609 g/mol. The van der Waals surface area contributed by atoms with E-state index in [1.54, 1.807) is 12.1 Å². The molecule has 28 heavy (non-hydrogen) atoms. The number of anilines is 1. The Labute approximate surface area is 189 Å². The maximum absolute atomic E-state index is 13.0. The van der Waals surface area contributed by atoms with Crippen molar-refractivity contribution in [2.24, 2.45) is 0 Å². The number of aliphatic hydroxyl groups is 1. The van der Waals surface area contributed by atoms with Crippen molar-refractivity contribution in [1.82, 2.24) is 5.16 Å². The minimum atomic E-state index is -0.409. The molecule has 6 nitrogen and oxygen atoms in total. The fourth-order valence-corrected chi connectivity index (χ4v) is 2.86. The average Bonchev–Trinajstić information content (AvgIpc) is 3.05. The zero-order valence-electron chi connectivity index (χ0n) is 15.4. The number of carbonyl (C=O) groups is 1. The van der Waals surface area contributed by atoms with Crippen molar-refractivity contribution in [3.63, 3.8) is 0 Å². The largest absolute Gasteiger partial charge is 0.389 e. The van der Waals surface area contributed by atoms with Crippen LogP contribution in [0, 0.1) is 38.1 Å². The van der Waals surface area contributed by atoms with Gasteiger partial charge in [0, 0.05) is 0 Å². The molecule has 0 aliphatic heterocycles. The molecule has 0 spiro atoms. The summed E-state index contributed by atoms with van der Waals surface area (Å²) in [5, 5.41) is 20.8. The lowest BCUT2D eigenvalue weighted by Crippen LogP contribution is -1.93. The van der Waals surface area contributed by atoms with E-state index in [4.69, 9.17) is 20.6 Å². The van der Waals surface area contributed by atoms with Crippen LogP contribution in [0.3, 0.4) is 0 Å². The van der Waals surface area contributed by atoms with Crippen LogP contribution in [-0.4, -0.2) is 22.7 Å². The number of halogens is 3. The van der Waals surface area contributed by atoms with E-state index in [9.17, 15) is 9.18 Å². The second-order valence-corrected chi connectivity index (χ2v) is 7.83. The molecule has 0 fully saturated rings. The summed E-state index contributed by atoms with van der Waals surface area (Å²) in [4.78, 5) is 9.56. The number of Topliss-reactive ketones (excluding diaryl/α,β-unsaturated/α-hetero) is 1. The number of hydrogen-bond donors (Lipinski definition) is 2. The molecule has 0 aliphatic carbocycles. The first-order valence-corrected chi connectivity index (χ1v) is 10.0. The molecule has 1 heterocycles. The lowest BCUT2D eigenvalue weighted by molar-refractivity contribution is -0.119. The molecule has 0 aliphatic rings. The second-order valence-electron chi connectivity index (χ2n) is 5.67. The molecule has 0 amide bonds. The summed E-state index contributed by atoms with van der Waals surface area (Å²) in [6.07, 6.45) is 0. The quantitative estimate of drug-likeness (QED) is 0.393. The lowest BCUT2D eigenvalue weighted by atomic mass is 10.1. The highest BCUT2D eigenvalue weighted by molar-refractivity contribution is 14.1. The molecule has 0 unspecified atom stereocenters. The van der Waals surface area contributed by atoms with Gasteiger partial charge in [-0.15, -0.1) is 0 Å². The predicted octanol–water partition coefficient (Wildman–Crippen LogP) is 4.50. The van der Waals surface area contributed by atoms with Crippen LogP contribution in [-0.2, 0) is 4.79 Å². The zero-order chi connectivity index (χ0) is 21.4. The van der Waals surface area contributed by atoms with Crippen LogP contribution in [0.25, 0.3) is 11.0 Å². The molecule has 0 bridgehead atoms. The third kappa shape index (κ3) is 6.39. The minimum Gasteiger partial charge on any atom is -0.389 e. The third-order valence-electron chi connectivity index (χ3n) is 3.42. The molecule has 0 atom stereocenters. The van der Waals surface area contributed by atoms with E-state index in [1.165, 1.54) is 18.6 Å². The molecular formula is C19H18FI2N3O3. The second kappa shape index (κ2) is 11.3. The standard InChI is InChI=1S/C8H5FIN.C8H7IN2O.C3H6O2/c1-5-2-3-6(4-11)7(9)8(5)10;1-4-2-3-5-7(6(4)9)12-11-8(5)10;1-3(5)2-4/h2-3H,1H3;2-3H,1H3,(H2,10,11);4H,2H2,1H3. The topological polar surface area (TPSA) is 113 Å². The molecule has 3 N–H and O–H groups in total. The van der Waals surface area contributed by atoms with Gasteiger partial charge in [0.1, 0.15) is 12.7 Å². The number of nitrogens with zero attached hydrogens (tertiary/aromatic N) is 2. The van der Waals surface area contributed by atoms with Crippen molar-refractivity contribution in [3.8, 4) is 6.07 Å². The number of hydrogen-bond acceptors (Lipinski definition) is 6. The molecule has 2 aromatic carbocycles. The van der Waals surface area contributed by atoms with Gasteiger partial charge < -0.3 is 15.4 Å². The molecule has 0 radical (unpaired) electrons. The van der Waals surface area contributed by atoms with Gasteiger partial charge >= 0.3 is 0 Å². The maximum atomic E-state index is 13.0. The molecule has 3 aromatic rings. The number of nitrogens with two attached hydrogens (primary N) is 1. The van der Waals surface area contributed by atoms with E-state index in [0.717, 1.165) is 20.1 Å². The van der Waals surface area contributed by atoms with Crippen molar-refractivity contribution in [2.45, 2.75) is 20.8 Å². The number of carbonyl (C=O) groups excluding carboxylic acids is 1. The number of aryl methyl sites for hydroxylation is 2. The van der Waals surface area contributed by atoms with Crippen LogP contribution < -0.4 is 5.73 Å². The van der Waals surface area contributed by atoms with Crippen molar-refractivity contribution >= 4 is 67.8 Å². The molecule has 3 rings (SSSR count). The molecule has 1 aromatic heterocycles. The normalized spacial score (nSPS) is 9.64. The van der Waals surface area contributed by atoms with Gasteiger partial charge in [0.15, 0.2) is 23.0 Å². The van der Waals surface area contributed by atoms with Crippen molar-refractivity contribution in [2.75, 3.05) is 12.3 Å².